The third-order valence-corrected chi connectivity index (χ3v) is 1.18. The summed E-state index contributed by atoms with van der Waals surface area (Å²) in [6.45, 7) is 3.08. The zero-order valence-electron chi connectivity index (χ0n) is 3.72. The first-order valence-corrected chi connectivity index (χ1v) is 3.04. The summed E-state index contributed by atoms with van der Waals surface area (Å²) in [5, 5.41) is 7.92. The van der Waals surface area contributed by atoms with E-state index in [0.29, 0.717) is 0 Å². The molecule has 0 aromatic carbocycles. The topological polar surface area (TPSA) is 57.5 Å². The van der Waals surface area contributed by atoms with Gasteiger partial charge < -0.3 is 9.90 Å². The molecule has 4 heteroatoms. The molecule has 0 spiro atoms. The highest BCUT2D eigenvalue weighted by molar-refractivity contribution is 6.45. The molecule has 0 unspecified atom stereocenters. The van der Waals surface area contributed by atoms with Gasteiger partial charge in [-0.1, -0.05) is 6.58 Å². The first-order chi connectivity index (χ1) is 3.18. The quantitative estimate of drug-likeness (QED) is 0.348. The lowest BCUT2D eigenvalue weighted by molar-refractivity contribution is -0.131. The Balaban J connectivity index is 3.58. The molecule has 0 saturated heterocycles. The number of aliphatic carboxylic acids is 1. The first kappa shape index (κ1) is 6.39. The molecule has 0 amide bonds. The van der Waals surface area contributed by atoms with Crippen LogP contribution in [0.2, 0.25) is 0 Å². The third-order valence-electron chi connectivity index (χ3n) is 0.493. The molecule has 0 rings (SSSR count). The third kappa shape index (κ3) is 2.13. The van der Waals surface area contributed by atoms with Gasteiger partial charge in [-0.15, -0.1) is 0 Å². The summed E-state index contributed by atoms with van der Waals surface area (Å²) in [5.74, 6) is -1.09. The summed E-state index contributed by atoms with van der Waals surface area (Å²) in [6.07, 6.45) is 0. The molecular formula is C3H6O3Si. The number of carboxylic acids is 1. The first-order valence-electron chi connectivity index (χ1n) is 1.70. The van der Waals surface area contributed by atoms with Gasteiger partial charge in [0.1, 0.15) is 0 Å². The lowest BCUT2D eigenvalue weighted by Gasteiger charge is -1.86. The number of hydrogen-bond donors (Lipinski definition) is 2. The zero-order chi connectivity index (χ0) is 5.86. The Morgan fingerprint density at radius 2 is 2.14 bits per heavy atom. The average molecular weight is 118 g/mol. The van der Waals surface area contributed by atoms with E-state index in [1.54, 1.807) is 0 Å². The molecule has 40 valence electrons. The van der Waals surface area contributed by atoms with Crippen molar-refractivity contribution >= 4 is 15.7 Å². The van der Waals surface area contributed by atoms with E-state index >= 15 is 0 Å². The highest BCUT2D eigenvalue weighted by atomic mass is 28.2. The summed E-state index contributed by atoms with van der Waals surface area (Å²) in [5.41, 5.74) is 0. The Morgan fingerprint density at radius 1 is 1.71 bits per heavy atom. The van der Waals surface area contributed by atoms with E-state index in [1.807, 2.05) is 0 Å². The van der Waals surface area contributed by atoms with E-state index in [1.165, 1.54) is 0 Å². The second-order valence-corrected chi connectivity index (χ2v) is 2.24. The lowest BCUT2D eigenvalue weighted by atomic mass is 10.7. The van der Waals surface area contributed by atoms with Crippen LogP contribution in [-0.2, 0) is 4.79 Å². The molecule has 0 heterocycles. The highest BCUT2D eigenvalue weighted by Crippen LogP contribution is 1.80. The fourth-order valence-corrected chi connectivity index (χ4v) is 0.203. The van der Waals surface area contributed by atoms with E-state index in [9.17, 15) is 4.79 Å². The normalized spacial score (nSPS) is 9.86. The summed E-state index contributed by atoms with van der Waals surface area (Å²) in [6, 6.07) is 0. The summed E-state index contributed by atoms with van der Waals surface area (Å²) >= 11 is 0. The number of rotatable bonds is 2. The predicted molar refractivity (Wildman–Crippen MR) is 27.5 cm³/mol. The molecule has 7 heavy (non-hydrogen) atoms. The molecule has 0 radical (unpaired) electrons. The van der Waals surface area contributed by atoms with Gasteiger partial charge in [0.2, 0.25) is 0 Å². The molecule has 2 N–H and O–H groups in total. The van der Waals surface area contributed by atoms with Crippen molar-refractivity contribution in [2.24, 2.45) is 0 Å². The molecule has 0 saturated carbocycles. The highest BCUT2D eigenvalue weighted by Gasteiger charge is 1.99. The Hall–Kier alpha value is -0.613. The maximum atomic E-state index is 9.71. The SMILES string of the molecule is C=C([SiH2]O)C(=O)O. The van der Waals surface area contributed by atoms with Crippen LogP contribution in [0.5, 0.6) is 0 Å². The molecule has 0 bridgehead atoms. The van der Waals surface area contributed by atoms with Crippen LogP contribution >= 0.6 is 0 Å². The molecular weight excluding hydrogens is 112 g/mol. The number of carboxylic acid groups (broad SMARTS) is 1. The number of carbonyl (C=O) groups is 1. The molecule has 0 aliphatic rings. The summed E-state index contributed by atoms with van der Waals surface area (Å²) < 4.78 is 0. The van der Waals surface area contributed by atoms with Crippen molar-refractivity contribution in [2.75, 3.05) is 0 Å². The molecule has 0 aromatic heterocycles. The van der Waals surface area contributed by atoms with Gasteiger partial charge in [0.05, 0.1) is 0 Å². The summed E-state index contributed by atoms with van der Waals surface area (Å²) in [7, 11) is -1.50. The molecule has 0 aromatic rings. The van der Waals surface area contributed by atoms with Crippen molar-refractivity contribution in [3.05, 3.63) is 11.8 Å². The van der Waals surface area contributed by atoms with Gasteiger partial charge in [-0.2, -0.15) is 0 Å². The van der Waals surface area contributed by atoms with Crippen LogP contribution in [0.3, 0.4) is 0 Å². The number of hydrogen-bond acceptors (Lipinski definition) is 2. The molecule has 0 aliphatic heterocycles. The zero-order valence-corrected chi connectivity index (χ0v) is 5.13. The van der Waals surface area contributed by atoms with Gasteiger partial charge in [0.15, 0.2) is 9.76 Å². The van der Waals surface area contributed by atoms with Crippen LogP contribution in [0.15, 0.2) is 11.8 Å². The van der Waals surface area contributed by atoms with Crippen molar-refractivity contribution < 1.29 is 14.7 Å². The van der Waals surface area contributed by atoms with Crippen molar-refractivity contribution in [1.82, 2.24) is 0 Å². The van der Waals surface area contributed by atoms with Gasteiger partial charge >= 0.3 is 5.97 Å². The van der Waals surface area contributed by atoms with Crippen LogP contribution in [0.25, 0.3) is 0 Å². The second kappa shape index (κ2) is 2.54. The van der Waals surface area contributed by atoms with Crippen molar-refractivity contribution in [3.63, 3.8) is 0 Å². The Labute approximate surface area is 43.2 Å². The average Bonchev–Trinajstić information content (AvgIpc) is 1.65. The van der Waals surface area contributed by atoms with E-state index in [0.717, 1.165) is 0 Å². The van der Waals surface area contributed by atoms with E-state index in [2.05, 4.69) is 6.58 Å². The molecule has 0 fully saturated rings. The van der Waals surface area contributed by atoms with Crippen LogP contribution in [0.4, 0.5) is 0 Å². The van der Waals surface area contributed by atoms with Gasteiger partial charge in [0, 0.05) is 5.20 Å². The standard InChI is InChI=1S/C3H6O3Si/c1-2(7-6)3(4)5/h6H,1,7H2,(H,4,5). The van der Waals surface area contributed by atoms with E-state index in [-0.39, 0.29) is 5.20 Å². The van der Waals surface area contributed by atoms with Crippen molar-refractivity contribution in [1.29, 1.82) is 0 Å². The van der Waals surface area contributed by atoms with Crippen LogP contribution in [0, 0.1) is 0 Å². The van der Waals surface area contributed by atoms with Crippen molar-refractivity contribution in [3.8, 4) is 0 Å². The maximum absolute atomic E-state index is 9.71. The largest absolute Gasteiger partial charge is 0.478 e. The Kier molecular flexibility index (Phi) is 2.32. The molecule has 0 aliphatic carbocycles. The lowest BCUT2D eigenvalue weighted by Crippen LogP contribution is -2.05. The Bertz CT molecular complexity index is 98.4. The molecule has 3 nitrogen and oxygen atoms in total. The second-order valence-electron chi connectivity index (χ2n) is 1.07. The van der Waals surface area contributed by atoms with Crippen LogP contribution < -0.4 is 0 Å². The predicted octanol–water partition coefficient (Wildman–Crippen LogP) is -1.34. The molecule has 0 atom stereocenters. The van der Waals surface area contributed by atoms with Crippen LogP contribution in [0.1, 0.15) is 0 Å². The van der Waals surface area contributed by atoms with Gasteiger partial charge in [-0.05, 0) is 0 Å². The van der Waals surface area contributed by atoms with Gasteiger partial charge in [0.25, 0.3) is 0 Å². The van der Waals surface area contributed by atoms with Gasteiger partial charge in [-0.25, -0.2) is 4.79 Å². The van der Waals surface area contributed by atoms with E-state index < -0.39 is 15.7 Å². The summed E-state index contributed by atoms with van der Waals surface area (Å²) in [4.78, 5) is 17.9. The smallest absolute Gasteiger partial charge is 0.328 e. The van der Waals surface area contributed by atoms with E-state index in [4.69, 9.17) is 9.90 Å². The van der Waals surface area contributed by atoms with Gasteiger partial charge in [-0.3, -0.25) is 0 Å². The maximum Gasteiger partial charge on any atom is 0.328 e. The minimum Gasteiger partial charge on any atom is -0.478 e. The Morgan fingerprint density at radius 3 is 2.14 bits per heavy atom. The van der Waals surface area contributed by atoms with Crippen LogP contribution in [-0.4, -0.2) is 25.6 Å². The minimum absolute atomic E-state index is 0.0417. The monoisotopic (exact) mass is 118 g/mol. The fraction of sp³-hybridized carbons (Fsp3) is 0. The fourth-order valence-electron chi connectivity index (χ4n) is 0.0676. The minimum atomic E-state index is -1.50. The van der Waals surface area contributed by atoms with Crippen molar-refractivity contribution in [2.45, 2.75) is 0 Å².